The first kappa shape index (κ1) is 13.3. The third kappa shape index (κ3) is 3.92. The molecule has 0 aliphatic carbocycles. The van der Waals surface area contributed by atoms with E-state index in [-0.39, 0.29) is 0 Å². The molecule has 7 heteroatoms. The van der Waals surface area contributed by atoms with Crippen molar-refractivity contribution in [3.05, 3.63) is 36.5 Å². The number of rotatable bonds is 4. The van der Waals surface area contributed by atoms with E-state index in [0.29, 0.717) is 5.69 Å². The molecule has 0 unspecified atom stereocenters. The van der Waals surface area contributed by atoms with Crippen molar-refractivity contribution in [1.82, 2.24) is 10.2 Å². The second-order valence-electron chi connectivity index (χ2n) is 4.17. The van der Waals surface area contributed by atoms with Crippen molar-refractivity contribution in [2.45, 2.75) is 0 Å². The predicted molar refractivity (Wildman–Crippen MR) is 72.4 cm³/mol. The number of hydrogen-bond donors (Lipinski definition) is 2. The quantitative estimate of drug-likeness (QED) is 0.875. The minimum atomic E-state index is -3.33. The number of nitrogens with one attached hydrogen (secondary N) is 2. The van der Waals surface area contributed by atoms with E-state index in [9.17, 15) is 13.2 Å². The number of aromatic amines is 1. The first-order chi connectivity index (χ1) is 8.94. The van der Waals surface area contributed by atoms with Crippen molar-refractivity contribution >= 4 is 21.4 Å². The van der Waals surface area contributed by atoms with Gasteiger partial charge in [0.1, 0.15) is 5.75 Å². The summed E-state index contributed by atoms with van der Waals surface area (Å²) in [4.78, 5) is 11.5. The van der Waals surface area contributed by atoms with E-state index in [4.69, 9.17) is 0 Å². The number of H-pyrrole nitrogens is 1. The summed E-state index contributed by atoms with van der Waals surface area (Å²) < 4.78 is 22.0. The molecule has 1 heterocycles. The molecule has 0 radical (unpaired) electrons. The third-order valence-electron chi connectivity index (χ3n) is 2.35. The summed E-state index contributed by atoms with van der Waals surface area (Å²) in [6.45, 7) is 0. The van der Waals surface area contributed by atoms with E-state index in [2.05, 4.69) is 15.5 Å². The Morgan fingerprint density at radius 3 is 2.79 bits per heavy atom. The van der Waals surface area contributed by atoms with Gasteiger partial charge in [-0.1, -0.05) is 12.1 Å². The number of amides is 1. The SMILES string of the molecule is CS(=O)(=O)CC(=O)Nc1cccc(-c2ccn[nH]2)c1. The fourth-order valence-corrected chi connectivity index (χ4v) is 2.16. The maximum absolute atomic E-state index is 11.5. The largest absolute Gasteiger partial charge is 0.325 e. The number of carbonyl (C=O) groups is 1. The van der Waals surface area contributed by atoms with Crippen molar-refractivity contribution < 1.29 is 13.2 Å². The van der Waals surface area contributed by atoms with Crippen LogP contribution in [0.15, 0.2) is 36.5 Å². The van der Waals surface area contributed by atoms with E-state index in [1.807, 2.05) is 6.07 Å². The van der Waals surface area contributed by atoms with Crippen LogP contribution < -0.4 is 5.32 Å². The van der Waals surface area contributed by atoms with Gasteiger partial charge in [-0.05, 0) is 18.2 Å². The van der Waals surface area contributed by atoms with Gasteiger partial charge in [0.2, 0.25) is 5.91 Å². The summed E-state index contributed by atoms with van der Waals surface area (Å²) in [5, 5.41) is 9.21. The number of benzene rings is 1. The van der Waals surface area contributed by atoms with Crippen LogP contribution in [0.4, 0.5) is 5.69 Å². The van der Waals surface area contributed by atoms with Crippen LogP contribution in [-0.2, 0) is 14.6 Å². The van der Waals surface area contributed by atoms with E-state index in [1.165, 1.54) is 0 Å². The summed E-state index contributed by atoms with van der Waals surface area (Å²) >= 11 is 0. The number of nitrogens with zero attached hydrogens (tertiary/aromatic N) is 1. The summed E-state index contributed by atoms with van der Waals surface area (Å²) in [5.41, 5.74) is 2.22. The van der Waals surface area contributed by atoms with Gasteiger partial charge in [0.25, 0.3) is 0 Å². The van der Waals surface area contributed by atoms with Gasteiger partial charge in [0, 0.05) is 23.7 Å². The molecule has 100 valence electrons. The average molecular weight is 279 g/mol. The molecule has 19 heavy (non-hydrogen) atoms. The fourth-order valence-electron chi connectivity index (χ4n) is 1.62. The minimum absolute atomic E-state index is 0.527. The van der Waals surface area contributed by atoms with Crippen molar-refractivity contribution in [3.63, 3.8) is 0 Å². The summed E-state index contributed by atoms with van der Waals surface area (Å²) in [6, 6.07) is 8.87. The van der Waals surface area contributed by atoms with Crippen LogP contribution in [0.5, 0.6) is 0 Å². The van der Waals surface area contributed by atoms with Crippen LogP contribution in [0.2, 0.25) is 0 Å². The predicted octanol–water partition coefficient (Wildman–Crippen LogP) is 1.06. The molecule has 1 amide bonds. The average Bonchev–Trinajstić information content (AvgIpc) is 2.79. The molecule has 0 saturated carbocycles. The molecule has 1 aromatic heterocycles. The lowest BCUT2D eigenvalue weighted by atomic mass is 10.1. The Hall–Kier alpha value is -2.15. The number of anilines is 1. The molecule has 2 aromatic rings. The van der Waals surface area contributed by atoms with Crippen molar-refractivity contribution in [3.8, 4) is 11.3 Å². The monoisotopic (exact) mass is 279 g/mol. The van der Waals surface area contributed by atoms with Gasteiger partial charge in [0.15, 0.2) is 9.84 Å². The number of carbonyl (C=O) groups excluding carboxylic acids is 1. The standard InChI is InChI=1S/C12H13N3O3S/c1-19(17,18)8-12(16)14-10-4-2-3-9(7-10)11-5-6-13-15-11/h2-7H,8H2,1H3,(H,13,15)(H,14,16). The van der Waals surface area contributed by atoms with Crippen molar-refractivity contribution in [1.29, 1.82) is 0 Å². The molecule has 0 saturated heterocycles. The van der Waals surface area contributed by atoms with Crippen LogP contribution in [0.3, 0.4) is 0 Å². The van der Waals surface area contributed by atoms with Gasteiger partial charge in [0.05, 0.1) is 5.69 Å². The molecule has 2 N–H and O–H groups in total. The van der Waals surface area contributed by atoms with Crippen LogP contribution in [0.25, 0.3) is 11.3 Å². The third-order valence-corrected chi connectivity index (χ3v) is 3.14. The molecule has 0 atom stereocenters. The fraction of sp³-hybridized carbons (Fsp3) is 0.167. The van der Waals surface area contributed by atoms with Crippen molar-refractivity contribution in [2.75, 3.05) is 17.3 Å². The summed E-state index contributed by atoms with van der Waals surface area (Å²) in [6.07, 6.45) is 2.65. The maximum Gasteiger partial charge on any atom is 0.239 e. The summed E-state index contributed by atoms with van der Waals surface area (Å²) in [5.74, 6) is -1.08. The van der Waals surface area contributed by atoms with Crippen LogP contribution >= 0.6 is 0 Å². The molecule has 2 rings (SSSR count). The zero-order chi connectivity index (χ0) is 13.9. The second-order valence-corrected chi connectivity index (χ2v) is 6.31. The first-order valence-corrected chi connectivity index (χ1v) is 7.57. The Kier molecular flexibility index (Phi) is 3.66. The molecule has 6 nitrogen and oxygen atoms in total. The van der Waals surface area contributed by atoms with Gasteiger partial charge in [-0.15, -0.1) is 0 Å². The van der Waals surface area contributed by atoms with E-state index in [1.54, 1.807) is 30.5 Å². The molecule has 0 bridgehead atoms. The van der Waals surface area contributed by atoms with Crippen LogP contribution in [0.1, 0.15) is 0 Å². The molecule has 0 aliphatic heterocycles. The van der Waals surface area contributed by atoms with Gasteiger partial charge >= 0.3 is 0 Å². The Morgan fingerprint density at radius 1 is 1.37 bits per heavy atom. The molecule has 0 fully saturated rings. The van der Waals surface area contributed by atoms with Gasteiger partial charge in [-0.25, -0.2) is 8.42 Å². The highest BCUT2D eigenvalue weighted by atomic mass is 32.2. The zero-order valence-corrected chi connectivity index (χ0v) is 11.1. The van der Waals surface area contributed by atoms with Crippen LogP contribution in [0, 0.1) is 0 Å². The Labute approximate surface area is 110 Å². The van der Waals surface area contributed by atoms with E-state index >= 15 is 0 Å². The Morgan fingerprint density at radius 2 is 2.16 bits per heavy atom. The Bertz CT molecular complexity index is 678. The molecule has 1 aromatic carbocycles. The van der Waals surface area contributed by atoms with E-state index in [0.717, 1.165) is 17.5 Å². The zero-order valence-electron chi connectivity index (χ0n) is 10.3. The van der Waals surface area contributed by atoms with E-state index < -0.39 is 21.5 Å². The number of aromatic nitrogens is 2. The molecular formula is C12H13N3O3S. The van der Waals surface area contributed by atoms with Gasteiger partial charge < -0.3 is 5.32 Å². The smallest absolute Gasteiger partial charge is 0.239 e. The topological polar surface area (TPSA) is 91.9 Å². The Balaban J connectivity index is 2.14. The van der Waals surface area contributed by atoms with Crippen molar-refractivity contribution in [2.24, 2.45) is 0 Å². The molecular weight excluding hydrogens is 266 g/mol. The normalized spacial score (nSPS) is 11.2. The number of sulfone groups is 1. The lowest BCUT2D eigenvalue weighted by molar-refractivity contribution is -0.113. The molecule has 0 aliphatic rings. The lowest BCUT2D eigenvalue weighted by Gasteiger charge is -2.06. The van der Waals surface area contributed by atoms with Gasteiger partial charge in [-0.3, -0.25) is 9.89 Å². The highest BCUT2D eigenvalue weighted by molar-refractivity contribution is 7.91. The minimum Gasteiger partial charge on any atom is -0.325 e. The first-order valence-electron chi connectivity index (χ1n) is 5.51. The highest BCUT2D eigenvalue weighted by Gasteiger charge is 2.11. The number of hydrogen-bond acceptors (Lipinski definition) is 4. The second kappa shape index (κ2) is 5.23. The lowest BCUT2D eigenvalue weighted by Crippen LogP contribution is -2.21. The molecule has 0 spiro atoms. The highest BCUT2D eigenvalue weighted by Crippen LogP contribution is 2.20. The van der Waals surface area contributed by atoms with Gasteiger partial charge in [-0.2, -0.15) is 5.10 Å². The van der Waals surface area contributed by atoms with Crippen LogP contribution in [-0.4, -0.2) is 36.5 Å². The summed E-state index contributed by atoms with van der Waals surface area (Å²) in [7, 11) is -3.33. The maximum atomic E-state index is 11.5.